The summed E-state index contributed by atoms with van der Waals surface area (Å²) in [7, 11) is 0. The van der Waals surface area contributed by atoms with Gasteiger partial charge in [0.25, 0.3) is 0 Å². The molecule has 0 saturated carbocycles. The number of halogens is 2. The van der Waals surface area contributed by atoms with Gasteiger partial charge in [0.1, 0.15) is 5.75 Å². The first-order chi connectivity index (χ1) is 16.6. The molecule has 0 bridgehead atoms. The summed E-state index contributed by atoms with van der Waals surface area (Å²) in [6.07, 6.45) is 6.07. The van der Waals surface area contributed by atoms with E-state index in [4.69, 9.17) is 9.47 Å². The number of Topliss-reactive ketones (excluding diaryl/α,β-unsaturated/α-hetero) is 1. The molecule has 0 spiro atoms. The Morgan fingerprint density at radius 2 is 1.74 bits per heavy atom. The molecule has 4 aliphatic rings. The van der Waals surface area contributed by atoms with E-state index in [1.54, 1.807) is 24.3 Å². The lowest BCUT2D eigenvalue weighted by molar-refractivity contribution is -0.116. The normalized spacial score (nSPS) is 21.4. The average molecular weight is 465 g/mol. The highest BCUT2D eigenvalue weighted by molar-refractivity contribution is 6.00. The molecule has 0 saturated heterocycles. The second-order valence-corrected chi connectivity index (χ2v) is 9.02. The summed E-state index contributed by atoms with van der Waals surface area (Å²) in [5, 5.41) is 0. The molecule has 0 aromatic heterocycles. The second-order valence-electron chi connectivity index (χ2n) is 9.02. The Morgan fingerprint density at radius 3 is 2.50 bits per heavy atom. The third-order valence-corrected chi connectivity index (χ3v) is 7.00. The fourth-order valence-corrected chi connectivity index (χ4v) is 5.49. The number of benzene rings is 2. The maximum Gasteiger partial charge on any atom is 0.387 e. The standard InChI is InChI=1S/C27H25F2NO4/c28-27(29)34-18-7-5-16(6-8-18)20-14-22-19-15-25-24(32-11-2-12-33-25)13-17(19)9-10-30(22)21-3-1-4-23(31)26(20)21/h5-8,13-15,20,27H,1-4,9-12H2/t20-/m1/s1. The number of hydrogen-bond donors (Lipinski definition) is 0. The van der Waals surface area contributed by atoms with Gasteiger partial charge in [0.05, 0.1) is 13.2 Å². The molecular weight excluding hydrogens is 440 g/mol. The molecule has 3 aliphatic heterocycles. The van der Waals surface area contributed by atoms with Crippen molar-refractivity contribution in [1.82, 2.24) is 4.90 Å². The topological polar surface area (TPSA) is 48.0 Å². The quantitative estimate of drug-likeness (QED) is 0.603. The van der Waals surface area contributed by atoms with Crippen molar-refractivity contribution in [3.05, 3.63) is 70.4 Å². The Balaban J connectivity index is 1.45. The molecule has 7 heteroatoms. The third-order valence-electron chi connectivity index (χ3n) is 7.00. The van der Waals surface area contributed by atoms with Gasteiger partial charge in [-0.05, 0) is 60.7 Å². The maximum atomic E-state index is 13.1. The van der Waals surface area contributed by atoms with Crippen LogP contribution in [0.1, 0.15) is 48.3 Å². The van der Waals surface area contributed by atoms with E-state index < -0.39 is 6.61 Å². The predicted molar refractivity (Wildman–Crippen MR) is 122 cm³/mol. The lowest BCUT2D eigenvalue weighted by Crippen LogP contribution is -2.36. The van der Waals surface area contributed by atoms with Crippen LogP contribution < -0.4 is 14.2 Å². The van der Waals surface area contributed by atoms with Crippen LogP contribution in [-0.4, -0.2) is 37.1 Å². The Bertz CT molecular complexity index is 1200. The molecule has 0 fully saturated rings. The van der Waals surface area contributed by atoms with Gasteiger partial charge in [0.15, 0.2) is 17.3 Å². The van der Waals surface area contributed by atoms with Gasteiger partial charge in [-0.15, -0.1) is 0 Å². The largest absolute Gasteiger partial charge is 0.490 e. The molecule has 5 nitrogen and oxygen atoms in total. The number of alkyl halides is 2. The van der Waals surface area contributed by atoms with E-state index in [1.165, 1.54) is 5.56 Å². The lowest BCUT2D eigenvalue weighted by atomic mass is 9.77. The van der Waals surface area contributed by atoms with Crippen LogP contribution in [0.4, 0.5) is 8.78 Å². The van der Waals surface area contributed by atoms with Crippen molar-refractivity contribution in [2.75, 3.05) is 19.8 Å². The van der Waals surface area contributed by atoms with E-state index in [-0.39, 0.29) is 17.5 Å². The van der Waals surface area contributed by atoms with Crippen LogP contribution in [0.3, 0.4) is 0 Å². The van der Waals surface area contributed by atoms with Gasteiger partial charge in [-0.1, -0.05) is 12.1 Å². The fraction of sp³-hybridized carbons (Fsp3) is 0.370. The first kappa shape index (κ1) is 21.2. The van der Waals surface area contributed by atoms with E-state index in [9.17, 15) is 13.6 Å². The zero-order chi connectivity index (χ0) is 23.2. The molecule has 1 aliphatic carbocycles. The Kier molecular flexibility index (Phi) is 5.27. The van der Waals surface area contributed by atoms with Crippen LogP contribution in [0.15, 0.2) is 53.7 Å². The molecule has 3 heterocycles. The van der Waals surface area contributed by atoms with Crippen molar-refractivity contribution in [3.8, 4) is 17.2 Å². The van der Waals surface area contributed by atoms with Crippen LogP contribution in [0, 0.1) is 0 Å². The summed E-state index contributed by atoms with van der Waals surface area (Å²) in [5.41, 5.74) is 6.18. The molecule has 6 rings (SSSR count). The van der Waals surface area contributed by atoms with E-state index >= 15 is 0 Å². The Labute approximate surface area is 196 Å². The highest BCUT2D eigenvalue weighted by Crippen LogP contribution is 2.48. The van der Waals surface area contributed by atoms with Crippen LogP contribution in [-0.2, 0) is 11.2 Å². The summed E-state index contributed by atoms with van der Waals surface area (Å²) >= 11 is 0. The smallest absolute Gasteiger partial charge is 0.387 e. The van der Waals surface area contributed by atoms with Crippen molar-refractivity contribution < 1.29 is 27.8 Å². The summed E-state index contributed by atoms with van der Waals surface area (Å²) in [6, 6.07) is 10.8. The minimum Gasteiger partial charge on any atom is -0.490 e. The summed E-state index contributed by atoms with van der Waals surface area (Å²) in [5.74, 6) is 1.58. The van der Waals surface area contributed by atoms with Gasteiger partial charge in [-0.2, -0.15) is 8.78 Å². The summed E-state index contributed by atoms with van der Waals surface area (Å²) < 4.78 is 41.6. The lowest BCUT2D eigenvalue weighted by Gasteiger charge is -2.43. The zero-order valence-corrected chi connectivity index (χ0v) is 18.7. The van der Waals surface area contributed by atoms with Crippen LogP contribution in [0.5, 0.6) is 17.2 Å². The van der Waals surface area contributed by atoms with Crippen molar-refractivity contribution in [1.29, 1.82) is 0 Å². The number of carbonyl (C=O) groups is 1. The Morgan fingerprint density at radius 1 is 0.971 bits per heavy atom. The molecule has 0 amide bonds. The SMILES string of the molecule is O=C1CCCC2=C1[C@@H](c1ccc(OC(F)F)cc1)C=C1c3cc4c(cc3CCN12)OCCCO4. The van der Waals surface area contributed by atoms with Gasteiger partial charge in [0.2, 0.25) is 0 Å². The first-order valence-corrected chi connectivity index (χ1v) is 11.8. The number of ether oxygens (including phenoxy) is 3. The number of allylic oxidation sites excluding steroid dienone is 3. The molecule has 2 aromatic rings. The van der Waals surface area contributed by atoms with Crippen molar-refractivity contribution >= 4 is 11.5 Å². The molecule has 0 radical (unpaired) electrons. The fourth-order valence-electron chi connectivity index (χ4n) is 5.49. The van der Waals surface area contributed by atoms with E-state index in [1.807, 2.05) is 0 Å². The van der Waals surface area contributed by atoms with E-state index in [0.29, 0.717) is 19.6 Å². The molecule has 2 aromatic carbocycles. The summed E-state index contributed by atoms with van der Waals surface area (Å²) in [4.78, 5) is 15.4. The average Bonchev–Trinajstić information content (AvgIpc) is 3.07. The van der Waals surface area contributed by atoms with Crippen LogP contribution >= 0.6 is 0 Å². The number of nitrogens with zero attached hydrogens (tertiary/aromatic N) is 1. The zero-order valence-electron chi connectivity index (χ0n) is 18.7. The first-order valence-electron chi connectivity index (χ1n) is 11.8. The van der Waals surface area contributed by atoms with Crippen molar-refractivity contribution in [2.45, 2.75) is 44.6 Å². The molecule has 34 heavy (non-hydrogen) atoms. The molecule has 1 atom stereocenters. The number of rotatable bonds is 3. The van der Waals surface area contributed by atoms with Gasteiger partial charge in [-0.25, -0.2) is 0 Å². The minimum atomic E-state index is -2.87. The minimum absolute atomic E-state index is 0.107. The number of fused-ring (bicyclic) bond motifs is 5. The van der Waals surface area contributed by atoms with Gasteiger partial charge in [-0.3, -0.25) is 4.79 Å². The van der Waals surface area contributed by atoms with E-state index in [2.05, 4.69) is 27.8 Å². The van der Waals surface area contributed by atoms with Gasteiger partial charge in [0, 0.05) is 47.8 Å². The van der Waals surface area contributed by atoms with Crippen LogP contribution in [0.25, 0.3) is 5.70 Å². The molecule has 0 unspecified atom stereocenters. The van der Waals surface area contributed by atoms with Crippen molar-refractivity contribution in [2.24, 2.45) is 0 Å². The third kappa shape index (κ3) is 3.63. The molecule has 176 valence electrons. The maximum absolute atomic E-state index is 13.1. The highest BCUT2D eigenvalue weighted by Gasteiger charge is 2.38. The number of hydrogen-bond acceptors (Lipinski definition) is 5. The number of ketones is 1. The second kappa shape index (κ2) is 8.46. The Hall–Kier alpha value is -3.35. The molecular formula is C27H25F2NO4. The molecule has 0 N–H and O–H groups in total. The van der Waals surface area contributed by atoms with Gasteiger partial charge >= 0.3 is 6.61 Å². The van der Waals surface area contributed by atoms with Gasteiger partial charge < -0.3 is 19.1 Å². The monoisotopic (exact) mass is 465 g/mol. The summed E-state index contributed by atoms with van der Waals surface area (Å²) in [6.45, 7) is -0.802. The highest BCUT2D eigenvalue weighted by atomic mass is 19.3. The predicted octanol–water partition coefficient (Wildman–Crippen LogP) is 5.45. The van der Waals surface area contributed by atoms with Crippen molar-refractivity contribution in [3.63, 3.8) is 0 Å². The van der Waals surface area contributed by atoms with E-state index in [0.717, 1.165) is 71.8 Å². The van der Waals surface area contributed by atoms with Crippen LogP contribution in [0.2, 0.25) is 0 Å². The number of carbonyl (C=O) groups excluding carboxylic acids is 1.